The van der Waals surface area contributed by atoms with Gasteiger partial charge in [0.05, 0.1) is 11.2 Å². The molecule has 0 atom stereocenters. The van der Waals surface area contributed by atoms with Gasteiger partial charge in [0.25, 0.3) is 0 Å². The zero-order valence-corrected chi connectivity index (χ0v) is 12.6. The molecule has 2 aliphatic heterocycles. The molecule has 2 saturated heterocycles. The van der Waals surface area contributed by atoms with Crippen LogP contribution in [0, 0.1) is 5.82 Å². The van der Waals surface area contributed by atoms with E-state index in [1.807, 2.05) is 15.9 Å². The van der Waals surface area contributed by atoms with Gasteiger partial charge in [-0.2, -0.15) is 0 Å². The molecule has 6 heteroatoms. The minimum atomic E-state index is -0.793. The molecule has 120 valence electrons. The highest BCUT2D eigenvalue weighted by Gasteiger charge is 2.39. The molecule has 0 aliphatic carbocycles. The molecule has 22 heavy (non-hydrogen) atoms. The number of carbonyl (C=O) groups is 1. The van der Waals surface area contributed by atoms with Crippen molar-refractivity contribution in [3.63, 3.8) is 0 Å². The van der Waals surface area contributed by atoms with Crippen molar-refractivity contribution in [2.24, 2.45) is 5.73 Å². The summed E-state index contributed by atoms with van der Waals surface area (Å²) in [5.41, 5.74) is 6.07. The monoisotopic (exact) mass is 307 g/mol. The van der Waals surface area contributed by atoms with Crippen LogP contribution in [0.4, 0.5) is 10.1 Å². The summed E-state index contributed by atoms with van der Waals surface area (Å²) in [5.74, 6) is -0.217. The highest BCUT2D eigenvalue weighted by atomic mass is 19.1. The van der Waals surface area contributed by atoms with Crippen molar-refractivity contribution in [3.8, 4) is 0 Å². The van der Waals surface area contributed by atoms with Gasteiger partial charge in [-0.25, -0.2) is 4.39 Å². The van der Waals surface area contributed by atoms with Crippen molar-refractivity contribution >= 4 is 11.6 Å². The van der Waals surface area contributed by atoms with Crippen LogP contribution in [-0.2, 0) is 9.53 Å². The summed E-state index contributed by atoms with van der Waals surface area (Å²) in [4.78, 5) is 16.4. The van der Waals surface area contributed by atoms with Crippen molar-refractivity contribution in [2.45, 2.75) is 18.4 Å². The van der Waals surface area contributed by atoms with Gasteiger partial charge in [0.15, 0.2) is 0 Å². The predicted octanol–water partition coefficient (Wildman–Crippen LogP) is 0.982. The second-order valence-corrected chi connectivity index (χ2v) is 6.00. The number of nitrogens with two attached hydrogens (primary N) is 1. The standard InChI is InChI=1S/C16H22FN3O2/c17-13-3-1-2-4-14(13)19-7-9-20(10-8-19)15(21)16(18)5-11-22-12-6-16/h1-4H,5-12,18H2. The largest absolute Gasteiger partial charge is 0.381 e. The van der Waals surface area contributed by atoms with Crippen LogP contribution in [0.15, 0.2) is 24.3 Å². The van der Waals surface area contributed by atoms with Gasteiger partial charge < -0.3 is 20.3 Å². The Hall–Kier alpha value is -1.66. The second kappa shape index (κ2) is 6.22. The number of rotatable bonds is 2. The summed E-state index contributed by atoms with van der Waals surface area (Å²) in [7, 11) is 0. The minimum Gasteiger partial charge on any atom is -0.381 e. The molecule has 2 N–H and O–H groups in total. The Morgan fingerprint density at radius 3 is 2.41 bits per heavy atom. The van der Waals surface area contributed by atoms with E-state index in [-0.39, 0.29) is 11.7 Å². The molecule has 2 aliphatic rings. The van der Waals surface area contributed by atoms with Crippen LogP contribution in [0.1, 0.15) is 12.8 Å². The van der Waals surface area contributed by atoms with Crippen LogP contribution in [0.2, 0.25) is 0 Å². The number of para-hydroxylation sites is 1. The van der Waals surface area contributed by atoms with E-state index >= 15 is 0 Å². The van der Waals surface area contributed by atoms with E-state index in [0.717, 1.165) is 0 Å². The van der Waals surface area contributed by atoms with E-state index < -0.39 is 5.54 Å². The minimum absolute atomic E-state index is 0.00369. The lowest BCUT2D eigenvalue weighted by Gasteiger charge is -2.41. The first-order valence-corrected chi connectivity index (χ1v) is 7.76. The molecule has 0 aromatic heterocycles. The third-order valence-corrected chi connectivity index (χ3v) is 4.57. The lowest BCUT2D eigenvalue weighted by atomic mass is 9.89. The average molecular weight is 307 g/mol. The SMILES string of the molecule is NC1(C(=O)N2CCN(c3ccccc3F)CC2)CCOCC1. The van der Waals surface area contributed by atoms with Gasteiger partial charge in [-0.1, -0.05) is 12.1 Å². The third kappa shape index (κ3) is 2.94. The lowest BCUT2D eigenvalue weighted by Crippen LogP contribution is -2.61. The van der Waals surface area contributed by atoms with E-state index in [0.29, 0.717) is 57.9 Å². The summed E-state index contributed by atoms with van der Waals surface area (Å²) in [6.45, 7) is 3.48. The maximum atomic E-state index is 13.8. The quantitative estimate of drug-likeness (QED) is 0.885. The van der Waals surface area contributed by atoms with Gasteiger partial charge in [0, 0.05) is 39.4 Å². The lowest BCUT2D eigenvalue weighted by molar-refractivity contribution is -0.140. The maximum Gasteiger partial charge on any atom is 0.242 e. The molecule has 0 bridgehead atoms. The number of piperazine rings is 1. The first-order valence-electron chi connectivity index (χ1n) is 7.76. The molecule has 0 saturated carbocycles. The fourth-order valence-electron chi connectivity index (χ4n) is 3.12. The third-order valence-electron chi connectivity index (χ3n) is 4.57. The van der Waals surface area contributed by atoms with Crippen LogP contribution in [-0.4, -0.2) is 55.7 Å². The molecule has 2 heterocycles. The molecule has 1 amide bonds. The van der Waals surface area contributed by atoms with Gasteiger partial charge in [-0.15, -0.1) is 0 Å². The summed E-state index contributed by atoms with van der Waals surface area (Å²) in [6.07, 6.45) is 1.14. The second-order valence-electron chi connectivity index (χ2n) is 6.00. The predicted molar refractivity (Wildman–Crippen MR) is 82.2 cm³/mol. The smallest absolute Gasteiger partial charge is 0.242 e. The molecule has 0 spiro atoms. The molecular weight excluding hydrogens is 285 g/mol. The Bertz CT molecular complexity index is 538. The summed E-state index contributed by atoms with van der Waals surface area (Å²) < 4.78 is 19.1. The first kappa shape index (κ1) is 15.2. The van der Waals surface area contributed by atoms with Gasteiger partial charge in [-0.05, 0) is 25.0 Å². The fourth-order valence-corrected chi connectivity index (χ4v) is 3.12. The number of halogens is 1. The van der Waals surface area contributed by atoms with Gasteiger partial charge in [0.2, 0.25) is 5.91 Å². The zero-order valence-electron chi connectivity index (χ0n) is 12.6. The van der Waals surface area contributed by atoms with Crippen LogP contribution in [0.25, 0.3) is 0 Å². The number of hydrogen-bond donors (Lipinski definition) is 1. The van der Waals surface area contributed by atoms with E-state index in [2.05, 4.69) is 0 Å². The molecule has 0 unspecified atom stereocenters. The Kier molecular flexibility index (Phi) is 4.31. The van der Waals surface area contributed by atoms with Crippen molar-refractivity contribution in [3.05, 3.63) is 30.1 Å². The van der Waals surface area contributed by atoms with Crippen LogP contribution >= 0.6 is 0 Å². The van der Waals surface area contributed by atoms with E-state index in [1.165, 1.54) is 6.07 Å². The van der Waals surface area contributed by atoms with Gasteiger partial charge >= 0.3 is 0 Å². The van der Waals surface area contributed by atoms with Crippen molar-refractivity contribution in [1.82, 2.24) is 4.90 Å². The van der Waals surface area contributed by atoms with Gasteiger partial charge in [0.1, 0.15) is 5.82 Å². The first-order chi connectivity index (χ1) is 10.6. The topological polar surface area (TPSA) is 58.8 Å². The molecule has 2 fully saturated rings. The molecule has 1 aromatic rings. The Balaban J connectivity index is 1.62. The van der Waals surface area contributed by atoms with Crippen LogP contribution < -0.4 is 10.6 Å². The maximum absolute atomic E-state index is 13.8. The number of hydrogen-bond acceptors (Lipinski definition) is 4. The number of ether oxygens (including phenoxy) is 1. The highest BCUT2D eigenvalue weighted by molar-refractivity contribution is 5.86. The van der Waals surface area contributed by atoms with Gasteiger partial charge in [-0.3, -0.25) is 4.79 Å². The number of carbonyl (C=O) groups excluding carboxylic acids is 1. The van der Waals surface area contributed by atoms with Crippen molar-refractivity contribution in [1.29, 1.82) is 0 Å². The Morgan fingerprint density at radius 1 is 1.14 bits per heavy atom. The summed E-state index contributed by atoms with van der Waals surface area (Å²) >= 11 is 0. The van der Waals surface area contributed by atoms with Crippen LogP contribution in [0.5, 0.6) is 0 Å². The molecule has 0 radical (unpaired) electrons. The Morgan fingerprint density at radius 2 is 1.77 bits per heavy atom. The van der Waals surface area contributed by atoms with E-state index in [9.17, 15) is 9.18 Å². The van der Waals surface area contributed by atoms with Crippen LogP contribution in [0.3, 0.4) is 0 Å². The fraction of sp³-hybridized carbons (Fsp3) is 0.562. The summed E-state index contributed by atoms with van der Waals surface area (Å²) in [6, 6.07) is 6.74. The highest BCUT2D eigenvalue weighted by Crippen LogP contribution is 2.24. The molecule has 3 rings (SSSR count). The van der Waals surface area contributed by atoms with E-state index in [1.54, 1.807) is 12.1 Å². The Labute approximate surface area is 129 Å². The zero-order chi connectivity index (χ0) is 15.6. The number of amides is 1. The molecule has 1 aromatic carbocycles. The number of nitrogens with zero attached hydrogens (tertiary/aromatic N) is 2. The number of anilines is 1. The van der Waals surface area contributed by atoms with Crippen molar-refractivity contribution < 1.29 is 13.9 Å². The average Bonchev–Trinajstić information content (AvgIpc) is 2.55. The molecule has 5 nitrogen and oxygen atoms in total. The molecular formula is C16H22FN3O2. The normalized spacial score (nSPS) is 21.7. The van der Waals surface area contributed by atoms with Crippen molar-refractivity contribution in [2.75, 3.05) is 44.3 Å². The van der Waals surface area contributed by atoms with E-state index in [4.69, 9.17) is 10.5 Å². The summed E-state index contributed by atoms with van der Waals surface area (Å²) in [5, 5.41) is 0. The number of benzene rings is 1.